The molecule has 0 aromatic heterocycles. The van der Waals surface area contributed by atoms with Crippen molar-refractivity contribution in [2.24, 2.45) is 0 Å². The van der Waals surface area contributed by atoms with Gasteiger partial charge in [-0.3, -0.25) is 0 Å². The van der Waals surface area contributed by atoms with E-state index in [1.54, 1.807) is 42.5 Å². The fourth-order valence-electron chi connectivity index (χ4n) is 3.34. The average Bonchev–Trinajstić information content (AvgIpc) is 2.99. The van der Waals surface area contributed by atoms with Crippen LogP contribution < -0.4 is 9.47 Å². The van der Waals surface area contributed by atoms with Gasteiger partial charge in [-0.2, -0.15) is 0 Å². The molecule has 0 saturated heterocycles. The minimum atomic E-state index is -0.895. The molecule has 2 aromatic carbocycles. The summed E-state index contributed by atoms with van der Waals surface area (Å²) in [5, 5.41) is 0. The predicted octanol–water partition coefficient (Wildman–Crippen LogP) is 5.85. The van der Waals surface area contributed by atoms with Crippen LogP contribution in [0.25, 0.3) is 0 Å². The Balaban J connectivity index is 1.40. The Morgan fingerprint density at radius 1 is 0.683 bits per heavy atom. The van der Waals surface area contributed by atoms with Gasteiger partial charge in [0.25, 0.3) is 0 Å². The Labute approximate surface area is 237 Å². The second kappa shape index (κ2) is 16.1. The molecule has 10 nitrogen and oxygen atoms in total. The van der Waals surface area contributed by atoms with Crippen molar-refractivity contribution in [2.45, 2.75) is 25.7 Å². The van der Waals surface area contributed by atoms with Gasteiger partial charge in [0.2, 0.25) is 0 Å². The summed E-state index contributed by atoms with van der Waals surface area (Å²) in [5.41, 5.74) is 0.630. The first kappa shape index (κ1) is 30.4. The van der Waals surface area contributed by atoms with Gasteiger partial charge in [0.15, 0.2) is 0 Å². The van der Waals surface area contributed by atoms with Crippen molar-refractivity contribution in [1.82, 2.24) is 0 Å². The topological polar surface area (TPSA) is 124 Å². The molecule has 0 spiro atoms. The summed E-state index contributed by atoms with van der Waals surface area (Å²) in [6.07, 6.45) is 6.71. The molecule has 0 radical (unpaired) electrons. The minimum Gasteiger partial charge on any atom is -0.490 e. The van der Waals surface area contributed by atoms with Gasteiger partial charge in [-0.25, -0.2) is 19.2 Å². The highest BCUT2D eigenvalue weighted by atomic mass is 16.7. The number of hydrogen-bond donors (Lipinski definition) is 0. The lowest BCUT2D eigenvalue weighted by Crippen LogP contribution is -2.12. The number of allylic oxidation sites excluding steroid dienone is 4. The molecule has 1 aliphatic carbocycles. The van der Waals surface area contributed by atoms with E-state index in [4.69, 9.17) is 28.4 Å². The molecule has 0 amide bonds. The van der Waals surface area contributed by atoms with Crippen molar-refractivity contribution < 1.29 is 47.6 Å². The van der Waals surface area contributed by atoms with Gasteiger partial charge in [0.05, 0.1) is 24.3 Å². The van der Waals surface area contributed by atoms with Crippen LogP contribution in [-0.2, 0) is 23.7 Å². The van der Waals surface area contributed by atoms with Crippen molar-refractivity contribution in [3.05, 3.63) is 109 Å². The lowest BCUT2D eigenvalue weighted by Gasteiger charge is -2.15. The van der Waals surface area contributed by atoms with E-state index >= 15 is 0 Å². The lowest BCUT2D eigenvalue weighted by atomic mass is 10.1. The van der Waals surface area contributed by atoms with E-state index in [9.17, 15) is 19.2 Å². The standard InChI is InChI=1S/C31H30O10/c1-3-19-36-24-11-7-22(8-12-24)29(33)39-25-15-17-26(18-16-25)40-30(34)23-9-13-27(14-10-23)41-31(35)38-21-6-5-20-37-28(32)4-2/h3-4,7-15,17H,1-2,5-6,16,18-21H2. The maximum atomic E-state index is 12.5. The Morgan fingerprint density at radius 2 is 1.20 bits per heavy atom. The van der Waals surface area contributed by atoms with Crippen LogP contribution in [0.4, 0.5) is 4.79 Å². The van der Waals surface area contributed by atoms with E-state index in [0.29, 0.717) is 55.1 Å². The second-order valence-electron chi connectivity index (χ2n) is 8.47. The van der Waals surface area contributed by atoms with Gasteiger partial charge in [-0.15, -0.1) is 0 Å². The van der Waals surface area contributed by atoms with Gasteiger partial charge in [0.1, 0.15) is 29.6 Å². The van der Waals surface area contributed by atoms with Crippen LogP contribution >= 0.6 is 0 Å². The zero-order chi connectivity index (χ0) is 29.5. The van der Waals surface area contributed by atoms with Crippen LogP contribution in [0.3, 0.4) is 0 Å². The van der Waals surface area contributed by atoms with Crippen LogP contribution in [0, 0.1) is 0 Å². The number of esters is 3. The summed E-state index contributed by atoms with van der Waals surface area (Å²) < 4.78 is 31.1. The Hall–Kier alpha value is -5.12. The molecule has 2 aromatic rings. The predicted molar refractivity (Wildman–Crippen MR) is 147 cm³/mol. The molecular formula is C31H30O10. The van der Waals surface area contributed by atoms with Crippen molar-refractivity contribution in [3.8, 4) is 11.5 Å². The quantitative estimate of drug-likeness (QED) is 0.0691. The van der Waals surface area contributed by atoms with Gasteiger partial charge in [-0.05, 0) is 73.5 Å². The van der Waals surface area contributed by atoms with Crippen LogP contribution in [0.5, 0.6) is 11.5 Å². The largest absolute Gasteiger partial charge is 0.513 e. The Morgan fingerprint density at radius 3 is 1.68 bits per heavy atom. The summed E-state index contributed by atoms with van der Waals surface area (Å²) >= 11 is 0. The number of carbonyl (C=O) groups is 4. The summed E-state index contributed by atoms with van der Waals surface area (Å²) in [4.78, 5) is 47.7. The molecular weight excluding hydrogens is 532 g/mol. The smallest absolute Gasteiger partial charge is 0.490 e. The van der Waals surface area contributed by atoms with E-state index in [-0.39, 0.29) is 24.5 Å². The molecule has 0 N–H and O–H groups in total. The minimum absolute atomic E-state index is 0.0955. The number of carbonyl (C=O) groups excluding carboxylic acids is 4. The fraction of sp³-hybridized carbons (Fsp3) is 0.226. The number of rotatable bonds is 14. The molecule has 1 aliphatic rings. The van der Waals surface area contributed by atoms with Crippen LogP contribution in [0.15, 0.2) is 97.5 Å². The van der Waals surface area contributed by atoms with Gasteiger partial charge < -0.3 is 28.4 Å². The Bertz CT molecular complexity index is 1300. The number of benzene rings is 2. The number of ether oxygens (including phenoxy) is 6. The highest BCUT2D eigenvalue weighted by molar-refractivity contribution is 5.91. The molecule has 0 saturated carbocycles. The van der Waals surface area contributed by atoms with E-state index in [2.05, 4.69) is 13.2 Å². The molecule has 214 valence electrons. The first-order valence-electron chi connectivity index (χ1n) is 12.8. The van der Waals surface area contributed by atoms with Gasteiger partial charge >= 0.3 is 24.1 Å². The average molecular weight is 563 g/mol. The van der Waals surface area contributed by atoms with Gasteiger partial charge in [-0.1, -0.05) is 19.2 Å². The van der Waals surface area contributed by atoms with Gasteiger partial charge in [0, 0.05) is 18.9 Å². The van der Waals surface area contributed by atoms with E-state index < -0.39 is 24.1 Å². The fourth-order valence-corrected chi connectivity index (χ4v) is 3.34. The van der Waals surface area contributed by atoms with E-state index in [1.165, 1.54) is 24.3 Å². The van der Waals surface area contributed by atoms with Crippen LogP contribution in [0.1, 0.15) is 46.4 Å². The van der Waals surface area contributed by atoms with E-state index in [1.807, 2.05) is 0 Å². The van der Waals surface area contributed by atoms with E-state index in [0.717, 1.165) is 6.08 Å². The third-order valence-corrected chi connectivity index (χ3v) is 5.44. The molecule has 0 bridgehead atoms. The number of unbranched alkanes of at least 4 members (excludes halogenated alkanes) is 1. The third-order valence-electron chi connectivity index (χ3n) is 5.44. The summed E-state index contributed by atoms with van der Waals surface area (Å²) in [5.74, 6) is 0.0795. The highest BCUT2D eigenvalue weighted by Crippen LogP contribution is 2.23. The van der Waals surface area contributed by atoms with Crippen molar-refractivity contribution in [1.29, 1.82) is 0 Å². The summed E-state index contributed by atoms with van der Waals surface area (Å²) in [7, 11) is 0. The summed E-state index contributed by atoms with van der Waals surface area (Å²) in [6.45, 7) is 7.55. The first-order chi connectivity index (χ1) is 19.9. The molecule has 0 atom stereocenters. The van der Waals surface area contributed by atoms with Crippen molar-refractivity contribution in [2.75, 3.05) is 19.8 Å². The normalized spacial score (nSPS) is 12.1. The molecule has 10 heteroatoms. The second-order valence-corrected chi connectivity index (χ2v) is 8.47. The van der Waals surface area contributed by atoms with Crippen molar-refractivity contribution >= 4 is 24.1 Å². The zero-order valence-electron chi connectivity index (χ0n) is 22.4. The molecule has 0 heterocycles. The third kappa shape index (κ3) is 10.5. The van der Waals surface area contributed by atoms with Crippen LogP contribution in [0.2, 0.25) is 0 Å². The maximum Gasteiger partial charge on any atom is 0.513 e. The molecule has 41 heavy (non-hydrogen) atoms. The summed E-state index contributed by atoms with van der Waals surface area (Å²) in [6, 6.07) is 12.4. The van der Waals surface area contributed by atoms with Crippen LogP contribution in [-0.4, -0.2) is 43.9 Å². The lowest BCUT2D eigenvalue weighted by molar-refractivity contribution is -0.137. The monoisotopic (exact) mass is 562 g/mol. The first-order valence-corrected chi connectivity index (χ1v) is 12.8. The Kier molecular flexibility index (Phi) is 11.9. The molecule has 0 unspecified atom stereocenters. The number of hydrogen-bond acceptors (Lipinski definition) is 10. The zero-order valence-corrected chi connectivity index (χ0v) is 22.4. The molecule has 3 rings (SSSR count). The van der Waals surface area contributed by atoms with Crippen molar-refractivity contribution in [3.63, 3.8) is 0 Å². The maximum absolute atomic E-state index is 12.5. The SMILES string of the molecule is C=CCOc1ccc(C(=O)OC2=CC=C(OC(=O)c3ccc(OC(=O)OCCCCOC(=O)C=C)cc3)CC2)cc1. The highest BCUT2D eigenvalue weighted by Gasteiger charge is 2.17. The molecule has 0 aliphatic heterocycles. The molecule has 0 fully saturated rings.